The second-order valence-electron chi connectivity index (χ2n) is 10.7. The van der Waals surface area contributed by atoms with E-state index in [4.69, 9.17) is 32.7 Å². The van der Waals surface area contributed by atoms with Crippen LogP contribution in [-0.4, -0.2) is 70.5 Å². The molecule has 0 aliphatic heterocycles. The van der Waals surface area contributed by atoms with E-state index in [-0.39, 0.29) is 45.1 Å². The first-order chi connectivity index (χ1) is 21.1. The normalized spacial score (nSPS) is 18.0. The Hall–Kier alpha value is -2.09. The van der Waals surface area contributed by atoms with Gasteiger partial charge in [0.05, 0.1) is 40.0 Å². The molecular weight excluding hydrogens is 722 g/mol. The summed E-state index contributed by atoms with van der Waals surface area (Å²) in [5.41, 5.74) is 1.66. The van der Waals surface area contributed by atoms with Crippen LogP contribution >= 0.6 is 45.8 Å². The summed E-state index contributed by atoms with van der Waals surface area (Å²) in [5, 5.41) is 34.1. The summed E-state index contributed by atoms with van der Waals surface area (Å²) < 4.78 is 12.5. The molecule has 0 saturated heterocycles. The number of halogens is 3. The lowest BCUT2D eigenvalue weighted by Crippen LogP contribution is -2.54. The van der Waals surface area contributed by atoms with Crippen molar-refractivity contribution in [3.8, 4) is 11.5 Å². The third kappa shape index (κ3) is 9.95. The highest BCUT2D eigenvalue weighted by Gasteiger charge is 2.41. The molecule has 44 heavy (non-hydrogen) atoms. The molecule has 0 aromatic heterocycles. The Balaban J connectivity index is 2.01. The summed E-state index contributed by atoms with van der Waals surface area (Å²) in [4.78, 5) is 28.6. The van der Waals surface area contributed by atoms with Crippen molar-refractivity contribution in [2.75, 3.05) is 20.3 Å². The maximum Gasteiger partial charge on any atom is 0.247 e. The third-order valence-corrected chi connectivity index (χ3v) is 9.03. The van der Waals surface area contributed by atoms with Gasteiger partial charge in [0.1, 0.15) is 12.2 Å². The number of hydrogen-bond acceptors (Lipinski definition) is 7. The highest BCUT2D eigenvalue weighted by atomic mass is 127. The second kappa shape index (κ2) is 18.2. The van der Waals surface area contributed by atoms with E-state index in [9.17, 15) is 24.9 Å². The number of unbranched alkanes of at least 4 members (excludes halogenated alkanes) is 4. The highest BCUT2D eigenvalue weighted by Crippen LogP contribution is 2.37. The van der Waals surface area contributed by atoms with Crippen molar-refractivity contribution in [2.24, 2.45) is 0 Å². The Bertz CT molecular complexity index is 1310. The molecule has 3 rings (SSSR count). The number of nitrogens with zero attached hydrogens (tertiary/aromatic N) is 1. The van der Waals surface area contributed by atoms with Crippen molar-refractivity contribution < 1.29 is 34.4 Å². The number of amides is 2. The molecule has 1 aliphatic rings. The van der Waals surface area contributed by atoms with E-state index < -0.39 is 24.2 Å². The van der Waals surface area contributed by atoms with E-state index in [1.807, 2.05) is 0 Å². The zero-order valence-electron chi connectivity index (χ0n) is 25.0. The number of aliphatic hydroxyl groups is 3. The number of hydrogen-bond donors (Lipinski definition) is 4. The minimum Gasteiger partial charge on any atom is -0.493 e. The quantitative estimate of drug-likeness (QED) is 0.133. The maximum absolute atomic E-state index is 13.8. The molecule has 1 aliphatic carbocycles. The van der Waals surface area contributed by atoms with Crippen LogP contribution in [0.25, 0.3) is 0 Å². The number of nitrogens with one attached hydrogen (secondary N) is 1. The number of carbonyl (C=O) groups is 2. The van der Waals surface area contributed by atoms with Gasteiger partial charge in [-0.05, 0) is 70.5 Å². The van der Waals surface area contributed by atoms with E-state index >= 15 is 0 Å². The maximum atomic E-state index is 13.8. The summed E-state index contributed by atoms with van der Waals surface area (Å²) in [7, 11) is 1.47. The highest BCUT2D eigenvalue weighted by molar-refractivity contribution is 14.1. The first-order valence-electron chi connectivity index (χ1n) is 14.8. The van der Waals surface area contributed by atoms with Gasteiger partial charge >= 0.3 is 0 Å². The molecule has 2 aromatic carbocycles. The smallest absolute Gasteiger partial charge is 0.247 e. The molecule has 0 spiro atoms. The summed E-state index contributed by atoms with van der Waals surface area (Å²) in [6, 6.07) is 7.68. The minimum atomic E-state index is -1.21. The first kappa shape index (κ1) is 36.4. The fraction of sp³-hybridized carbons (Fsp3) is 0.500. The summed E-state index contributed by atoms with van der Waals surface area (Å²) in [5.74, 6) is 0.0978. The average molecular weight is 763 g/mol. The van der Waals surface area contributed by atoms with Gasteiger partial charge in [-0.1, -0.05) is 61.9 Å². The van der Waals surface area contributed by atoms with Crippen LogP contribution in [0.2, 0.25) is 10.0 Å². The number of rotatable bonds is 16. The molecule has 3 unspecified atom stereocenters. The lowest BCUT2D eigenvalue weighted by molar-refractivity contribution is -0.139. The Labute approximate surface area is 282 Å². The summed E-state index contributed by atoms with van der Waals surface area (Å²) in [6.45, 7) is 1.88. The SMILES string of the molecule is CCCCCCCC(=O)N(Cc1ccc(Cl)c(Cl)c1)C1CC(C(=O)NCCO)=CC(Oc2c(I)cc(CO)cc2OC)C1O. The van der Waals surface area contributed by atoms with Crippen LogP contribution in [0.5, 0.6) is 11.5 Å². The molecule has 0 heterocycles. The van der Waals surface area contributed by atoms with Crippen LogP contribution in [0.1, 0.15) is 63.0 Å². The van der Waals surface area contributed by atoms with E-state index in [1.165, 1.54) is 7.11 Å². The third-order valence-electron chi connectivity index (χ3n) is 7.49. The Kier molecular flexibility index (Phi) is 15.0. The molecule has 2 aromatic rings. The van der Waals surface area contributed by atoms with Crippen LogP contribution < -0.4 is 14.8 Å². The molecule has 9 nitrogen and oxygen atoms in total. The standard InChI is InChI=1S/C32H41Cl2IN2O7/c1-3-4-5-6-7-8-29(40)37(18-20-9-10-23(33)24(34)13-20)26-16-22(32(42)36-11-12-38)17-27(30(26)41)44-31-25(35)14-21(19-39)15-28(31)43-2/h9-10,13-15,17,26-27,30,38-39,41H,3-8,11-12,16,18-19H2,1-2H3,(H,36,42). The van der Waals surface area contributed by atoms with Gasteiger partial charge in [-0.25, -0.2) is 0 Å². The van der Waals surface area contributed by atoms with Gasteiger partial charge in [0.15, 0.2) is 11.5 Å². The van der Waals surface area contributed by atoms with Crippen molar-refractivity contribution in [1.82, 2.24) is 10.2 Å². The molecule has 0 fully saturated rings. The molecule has 0 saturated carbocycles. The lowest BCUT2D eigenvalue weighted by atomic mass is 9.87. The second-order valence-corrected chi connectivity index (χ2v) is 12.7. The largest absolute Gasteiger partial charge is 0.493 e. The number of benzene rings is 2. The zero-order valence-corrected chi connectivity index (χ0v) is 28.7. The predicted octanol–water partition coefficient (Wildman–Crippen LogP) is 5.40. The van der Waals surface area contributed by atoms with Crippen LogP contribution in [0.3, 0.4) is 0 Å². The number of methoxy groups -OCH3 is 1. The van der Waals surface area contributed by atoms with Crippen molar-refractivity contribution >= 4 is 57.6 Å². The molecule has 0 radical (unpaired) electrons. The fourth-order valence-corrected chi connectivity index (χ4v) is 6.26. The Morgan fingerprint density at radius 1 is 1.07 bits per heavy atom. The van der Waals surface area contributed by atoms with Crippen molar-refractivity contribution in [3.63, 3.8) is 0 Å². The molecule has 4 N–H and O–H groups in total. The Morgan fingerprint density at radius 2 is 1.82 bits per heavy atom. The number of carbonyl (C=O) groups excluding carboxylic acids is 2. The van der Waals surface area contributed by atoms with E-state index in [0.29, 0.717) is 42.7 Å². The first-order valence-corrected chi connectivity index (χ1v) is 16.6. The topological polar surface area (TPSA) is 129 Å². The number of ether oxygens (including phenoxy) is 2. The monoisotopic (exact) mass is 762 g/mol. The molecule has 0 bridgehead atoms. The average Bonchev–Trinajstić information content (AvgIpc) is 3.01. The molecule has 3 atom stereocenters. The summed E-state index contributed by atoms with van der Waals surface area (Å²) in [6.07, 6.45) is 4.49. The van der Waals surface area contributed by atoms with Gasteiger partial charge in [-0.2, -0.15) is 0 Å². The van der Waals surface area contributed by atoms with Gasteiger partial charge in [-0.3, -0.25) is 9.59 Å². The van der Waals surface area contributed by atoms with Gasteiger partial charge in [0.25, 0.3) is 0 Å². The predicted molar refractivity (Wildman–Crippen MR) is 179 cm³/mol. The van der Waals surface area contributed by atoms with Gasteiger partial charge < -0.3 is 35.0 Å². The molecule has 12 heteroatoms. The van der Waals surface area contributed by atoms with E-state index in [1.54, 1.807) is 41.3 Å². The lowest BCUT2D eigenvalue weighted by Gasteiger charge is -2.41. The van der Waals surface area contributed by atoms with Gasteiger partial charge in [-0.15, -0.1) is 0 Å². The van der Waals surface area contributed by atoms with Crippen molar-refractivity contribution in [3.05, 3.63) is 66.7 Å². The van der Waals surface area contributed by atoms with Crippen LogP contribution in [0.4, 0.5) is 0 Å². The van der Waals surface area contributed by atoms with Crippen LogP contribution in [0, 0.1) is 3.57 Å². The van der Waals surface area contributed by atoms with Gasteiger partial charge in [0, 0.05) is 31.5 Å². The molecule has 242 valence electrons. The summed E-state index contributed by atoms with van der Waals surface area (Å²) >= 11 is 14.5. The van der Waals surface area contributed by atoms with Gasteiger partial charge in [0.2, 0.25) is 11.8 Å². The van der Waals surface area contributed by atoms with E-state index in [0.717, 1.165) is 31.2 Å². The van der Waals surface area contributed by atoms with E-state index in [2.05, 4.69) is 34.8 Å². The zero-order chi connectivity index (χ0) is 32.2. The minimum absolute atomic E-state index is 0.0486. The van der Waals surface area contributed by atoms with Crippen molar-refractivity contribution in [1.29, 1.82) is 0 Å². The molecule has 2 amide bonds. The number of aliphatic hydroxyl groups excluding tert-OH is 3. The fourth-order valence-electron chi connectivity index (χ4n) is 5.14. The van der Waals surface area contributed by atoms with Crippen LogP contribution in [-0.2, 0) is 22.7 Å². The van der Waals surface area contributed by atoms with Crippen molar-refractivity contribution in [2.45, 2.75) is 83.3 Å². The molecular formula is C32H41Cl2IN2O7. The van der Waals surface area contributed by atoms with Crippen LogP contribution in [0.15, 0.2) is 42.0 Å². The Morgan fingerprint density at radius 3 is 2.48 bits per heavy atom.